The van der Waals surface area contributed by atoms with Gasteiger partial charge >= 0.3 is 0 Å². The van der Waals surface area contributed by atoms with Crippen molar-refractivity contribution >= 4 is 34.3 Å². The zero-order chi connectivity index (χ0) is 14.5. The summed E-state index contributed by atoms with van der Waals surface area (Å²) in [7, 11) is 0. The maximum atomic E-state index is 10.8. The summed E-state index contributed by atoms with van der Waals surface area (Å²) in [5.74, 6) is 0. The highest BCUT2D eigenvalue weighted by Gasteiger charge is 2.12. The predicted octanol–water partition coefficient (Wildman–Crippen LogP) is 3.16. The first-order valence-corrected chi connectivity index (χ1v) is 6.35. The van der Waals surface area contributed by atoms with Gasteiger partial charge in [-0.05, 0) is 17.7 Å². The summed E-state index contributed by atoms with van der Waals surface area (Å²) in [5.41, 5.74) is 7.19. The van der Waals surface area contributed by atoms with Gasteiger partial charge < -0.3 is 11.1 Å². The average molecular weight is 287 g/mol. The van der Waals surface area contributed by atoms with Crippen LogP contribution in [0.4, 0.5) is 17.1 Å². The molecule has 102 valence electrons. The zero-order valence-electron chi connectivity index (χ0n) is 10.6. The van der Waals surface area contributed by atoms with E-state index in [0.29, 0.717) is 17.1 Å². The Morgan fingerprint density at radius 1 is 1.25 bits per heavy atom. The van der Waals surface area contributed by atoms with E-state index in [1.165, 1.54) is 12.1 Å². The van der Waals surface area contributed by atoms with Crippen LogP contribution in [0.15, 0.2) is 48.5 Å². The van der Waals surface area contributed by atoms with Crippen molar-refractivity contribution in [3.05, 3.63) is 64.2 Å². The number of anilines is 2. The molecule has 0 radical (unpaired) electrons. The van der Waals surface area contributed by atoms with E-state index in [1.807, 2.05) is 30.3 Å². The van der Waals surface area contributed by atoms with Gasteiger partial charge in [0.25, 0.3) is 5.69 Å². The van der Waals surface area contributed by atoms with Crippen LogP contribution in [-0.4, -0.2) is 9.91 Å². The van der Waals surface area contributed by atoms with E-state index >= 15 is 0 Å². The van der Waals surface area contributed by atoms with Crippen LogP contribution < -0.4 is 11.1 Å². The molecule has 3 N–H and O–H groups in total. The Hall–Kier alpha value is -2.47. The molecule has 0 aliphatic heterocycles. The number of nitrogen functional groups attached to an aromatic ring is 1. The van der Waals surface area contributed by atoms with Gasteiger partial charge in [0.05, 0.1) is 9.91 Å². The molecule has 0 spiro atoms. The average Bonchev–Trinajstić information content (AvgIpc) is 2.41. The summed E-state index contributed by atoms with van der Waals surface area (Å²) in [6.07, 6.45) is 0.578. The standard InChI is InChI=1S/C14H13N3O2S/c15-12-7-6-11(9-13(12)17(18)19)16-14(20)8-10-4-2-1-3-5-10/h1-7,9H,8,15H2,(H,16,20). The second kappa shape index (κ2) is 6.12. The summed E-state index contributed by atoms with van der Waals surface area (Å²) in [6, 6.07) is 14.3. The molecule has 6 heteroatoms. The molecular weight excluding hydrogens is 274 g/mol. The molecule has 0 amide bonds. The zero-order valence-corrected chi connectivity index (χ0v) is 11.4. The first-order valence-electron chi connectivity index (χ1n) is 5.94. The third-order valence-electron chi connectivity index (χ3n) is 2.72. The maximum absolute atomic E-state index is 10.8. The van der Waals surface area contributed by atoms with Gasteiger partial charge in [0.1, 0.15) is 5.69 Å². The molecule has 5 nitrogen and oxygen atoms in total. The van der Waals surface area contributed by atoms with Crippen molar-refractivity contribution in [3.63, 3.8) is 0 Å². The molecule has 2 rings (SSSR count). The minimum atomic E-state index is -0.513. The molecule has 0 aliphatic rings. The second-order valence-corrected chi connectivity index (χ2v) is 4.73. The van der Waals surface area contributed by atoms with E-state index in [-0.39, 0.29) is 11.4 Å². The minimum Gasteiger partial charge on any atom is -0.393 e. The quantitative estimate of drug-likeness (QED) is 0.391. The van der Waals surface area contributed by atoms with Crippen LogP contribution in [0.3, 0.4) is 0 Å². The van der Waals surface area contributed by atoms with Crippen molar-refractivity contribution in [2.45, 2.75) is 6.42 Å². The largest absolute Gasteiger partial charge is 0.393 e. The van der Waals surface area contributed by atoms with E-state index < -0.39 is 4.92 Å². The molecule has 2 aromatic carbocycles. The van der Waals surface area contributed by atoms with Crippen LogP contribution >= 0.6 is 12.2 Å². The summed E-state index contributed by atoms with van der Waals surface area (Å²) in [4.78, 5) is 10.9. The molecule has 0 aliphatic carbocycles. The van der Waals surface area contributed by atoms with Crippen molar-refractivity contribution in [2.24, 2.45) is 0 Å². The number of thiocarbonyl (C=S) groups is 1. The molecule has 0 bridgehead atoms. The van der Waals surface area contributed by atoms with Crippen LogP contribution in [0.2, 0.25) is 0 Å². The van der Waals surface area contributed by atoms with Crippen LogP contribution in [0.5, 0.6) is 0 Å². The lowest BCUT2D eigenvalue weighted by Crippen LogP contribution is -2.12. The number of nitrogens with zero attached hydrogens (tertiary/aromatic N) is 1. The number of nitrogens with one attached hydrogen (secondary N) is 1. The van der Waals surface area contributed by atoms with Crippen LogP contribution in [0.1, 0.15) is 5.56 Å². The van der Waals surface area contributed by atoms with Gasteiger partial charge in [0, 0.05) is 18.2 Å². The molecule has 0 saturated carbocycles. The molecule has 0 aromatic heterocycles. The van der Waals surface area contributed by atoms with Crippen molar-refractivity contribution < 1.29 is 4.92 Å². The van der Waals surface area contributed by atoms with E-state index in [1.54, 1.807) is 6.07 Å². The number of rotatable bonds is 4. The number of hydrogen-bond acceptors (Lipinski definition) is 4. The fourth-order valence-corrected chi connectivity index (χ4v) is 2.05. The number of nitro benzene ring substituents is 1. The van der Waals surface area contributed by atoms with Crippen molar-refractivity contribution in [1.29, 1.82) is 0 Å². The maximum Gasteiger partial charge on any atom is 0.294 e. The lowest BCUT2D eigenvalue weighted by Gasteiger charge is -2.08. The van der Waals surface area contributed by atoms with Gasteiger partial charge in [-0.3, -0.25) is 10.1 Å². The third-order valence-corrected chi connectivity index (χ3v) is 2.96. The van der Waals surface area contributed by atoms with Gasteiger partial charge in [-0.15, -0.1) is 0 Å². The summed E-state index contributed by atoms with van der Waals surface area (Å²) in [5, 5.41) is 13.8. The van der Waals surface area contributed by atoms with E-state index in [9.17, 15) is 10.1 Å². The van der Waals surface area contributed by atoms with Crippen molar-refractivity contribution in [2.75, 3.05) is 11.1 Å². The Balaban J connectivity index is 2.08. The molecule has 0 fully saturated rings. The van der Waals surface area contributed by atoms with Gasteiger partial charge in [-0.1, -0.05) is 42.5 Å². The monoisotopic (exact) mass is 287 g/mol. The van der Waals surface area contributed by atoms with Gasteiger partial charge in [-0.25, -0.2) is 0 Å². The molecule has 0 heterocycles. The highest BCUT2D eigenvalue weighted by molar-refractivity contribution is 7.80. The molecule has 0 atom stereocenters. The van der Waals surface area contributed by atoms with Crippen molar-refractivity contribution in [1.82, 2.24) is 0 Å². The lowest BCUT2D eigenvalue weighted by atomic mass is 10.1. The van der Waals surface area contributed by atoms with Crippen LogP contribution in [0.25, 0.3) is 0 Å². The van der Waals surface area contributed by atoms with Crippen LogP contribution in [-0.2, 0) is 6.42 Å². The first kappa shape index (κ1) is 14.0. The summed E-state index contributed by atoms with van der Waals surface area (Å²) >= 11 is 5.25. The van der Waals surface area contributed by atoms with Gasteiger partial charge in [0.2, 0.25) is 0 Å². The summed E-state index contributed by atoms with van der Waals surface area (Å²) in [6.45, 7) is 0. The predicted molar refractivity (Wildman–Crippen MR) is 83.9 cm³/mol. The van der Waals surface area contributed by atoms with E-state index in [2.05, 4.69) is 5.32 Å². The minimum absolute atomic E-state index is 0.127. The molecule has 2 aromatic rings. The Bertz CT molecular complexity index is 644. The fraction of sp³-hybridized carbons (Fsp3) is 0.0714. The summed E-state index contributed by atoms with van der Waals surface area (Å²) < 4.78 is 0. The number of hydrogen-bond donors (Lipinski definition) is 2. The smallest absolute Gasteiger partial charge is 0.294 e. The molecule has 0 unspecified atom stereocenters. The molecule has 20 heavy (non-hydrogen) atoms. The Kier molecular flexibility index (Phi) is 4.27. The topological polar surface area (TPSA) is 81.2 Å². The Morgan fingerprint density at radius 2 is 1.95 bits per heavy atom. The SMILES string of the molecule is Nc1ccc(NC(=S)Cc2ccccc2)cc1[N+](=O)[O-]. The van der Waals surface area contributed by atoms with Gasteiger partial charge in [0.15, 0.2) is 0 Å². The third kappa shape index (κ3) is 3.52. The van der Waals surface area contributed by atoms with Crippen molar-refractivity contribution in [3.8, 4) is 0 Å². The van der Waals surface area contributed by atoms with Gasteiger partial charge in [-0.2, -0.15) is 0 Å². The Labute approximate surface area is 121 Å². The molecule has 0 saturated heterocycles. The molecular formula is C14H13N3O2S. The normalized spacial score (nSPS) is 10.0. The second-order valence-electron chi connectivity index (χ2n) is 4.24. The number of nitrogens with two attached hydrogens (primary N) is 1. The van der Waals surface area contributed by atoms with E-state index in [4.69, 9.17) is 18.0 Å². The highest BCUT2D eigenvalue weighted by atomic mass is 32.1. The lowest BCUT2D eigenvalue weighted by molar-refractivity contribution is -0.383. The number of benzene rings is 2. The van der Waals surface area contributed by atoms with Crippen LogP contribution in [0, 0.1) is 10.1 Å². The fourth-order valence-electron chi connectivity index (χ4n) is 1.77. The Morgan fingerprint density at radius 3 is 2.60 bits per heavy atom. The first-order chi connectivity index (χ1) is 9.56. The van der Waals surface area contributed by atoms with E-state index in [0.717, 1.165) is 5.56 Å². The number of nitro groups is 1. The highest BCUT2D eigenvalue weighted by Crippen LogP contribution is 2.25.